The molecule has 7 nitrogen and oxygen atoms in total. The van der Waals surface area contributed by atoms with Gasteiger partial charge in [0, 0.05) is 41.9 Å². The number of hydrogen-bond donors (Lipinski definition) is 0. The Morgan fingerprint density at radius 3 is 3.04 bits per heavy atom. The predicted octanol–water partition coefficient (Wildman–Crippen LogP) is 3.04. The molecule has 0 unspecified atom stereocenters. The van der Waals surface area contributed by atoms with Gasteiger partial charge in [0.1, 0.15) is 17.9 Å². The Balaban J connectivity index is 1.31. The van der Waals surface area contributed by atoms with Crippen LogP contribution in [0.2, 0.25) is 0 Å². The van der Waals surface area contributed by atoms with Gasteiger partial charge in [0.2, 0.25) is 0 Å². The van der Waals surface area contributed by atoms with Crippen LogP contribution in [0.15, 0.2) is 43.1 Å². The third-order valence-electron chi connectivity index (χ3n) is 5.70. The van der Waals surface area contributed by atoms with Gasteiger partial charge in [0.25, 0.3) is 0 Å². The van der Waals surface area contributed by atoms with Crippen LogP contribution in [-0.4, -0.2) is 36.0 Å². The van der Waals surface area contributed by atoms with Crippen molar-refractivity contribution in [2.24, 2.45) is 0 Å². The number of benzene rings is 1. The third-order valence-corrected chi connectivity index (χ3v) is 5.70. The highest BCUT2D eigenvalue weighted by molar-refractivity contribution is 5.75. The molecule has 7 heteroatoms. The standard InChI is InChI=1S/C21H20N6O/c1-2-14(17-8-9-28-19(17)3-1)4-7-20-22-11-18(21-25-23-13-26(20)21)15-10-24-27(12-15)16-5-6-16/h1-3,10-13,16H,4-9H2. The van der Waals surface area contributed by atoms with Crippen molar-refractivity contribution in [1.82, 2.24) is 29.4 Å². The zero-order valence-corrected chi connectivity index (χ0v) is 15.5. The van der Waals surface area contributed by atoms with Crippen LogP contribution in [0, 0.1) is 0 Å². The molecule has 3 aromatic heterocycles. The monoisotopic (exact) mass is 372 g/mol. The van der Waals surface area contributed by atoms with E-state index in [9.17, 15) is 0 Å². The van der Waals surface area contributed by atoms with Crippen molar-refractivity contribution in [2.75, 3.05) is 6.61 Å². The number of hydrogen-bond acceptors (Lipinski definition) is 5. The highest BCUT2D eigenvalue weighted by Gasteiger charge is 2.25. The van der Waals surface area contributed by atoms with Crippen LogP contribution >= 0.6 is 0 Å². The van der Waals surface area contributed by atoms with Gasteiger partial charge in [0.15, 0.2) is 5.65 Å². The Kier molecular flexibility index (Phi) is 3.47. The van der Waals surface area contributed by atoms with E-state index in [1.54, 1.807) is 6.33 Å². The molecule has 4 aromatic rings. The van der Waals surface area contributed by atoms with Gasteiger partial charge in [-0.1, -0.05) is 12.1 Å². The maximum absolute atomic E-state index is 5.69. The molecular weight excluding hydrogens is 352 g/mol. The molecule has 0 N–H and O–H groups in total. The van der Waals surface area contributed by atoms with Gasteiger partial charge in [-0.25, -0.2) is 4.98 Å². The zero-order chi connectivity index (χ0) is 18.5. The second kappa shape index (κ2) is 6.15. The molecule has 1 saturated carbocycles. The van der Waals surface area contributed by atoms with E-state index in [1.807, 2.05) is 21.5 Å². The lowest BCUT2D eigenvalue weighted by Gasteiger charge is -2.09. The SMILES string of the molecule is c1cc(CCc2ncc(-c3cnn(C4CC4)c3)c3nncn23)c2c(c1)OCC2. The van der Waals surface area contributed by atoms with Gasteiger partial charge in [-0.05, 0) is 30.9 Å². The van der Waals surface area contributed by atoms with Crippen LogP contribution in [0.25, 0.3) is 16.8 Å². The molecule has 0 radical (unpaired) electrons. The Hall–Kier alpha value is -3.22. The van der Waals surface area contributed by atoms with E-state index in [-0.39, 0.29) is 0 Å². The molecule has 0 spiro atoms. The second-order valence-electron chi connectivity index (χ2n) is 7.55. The number of ether oxygens (including phenoxy) is 1. The summed E-state index contributed by atoms with van der Waals surface area (Å²) in [6, 6.07) is 6.88. The zero-order valence-electron chi connectivity index (χ0n) is 15.5. The van der Waals surface area contributed by atoms with Gasteiger partial charge >= 0.3 is 0 Å². The minimum absolute atomic E-state index is 0.562. The number of aromatic nitrogens is 6. The van der Waals surface area contributed by atoms with Crippen molar-refractivity contribution in [3.63, 3.8) is 0 Å². The average molecular weight is 372 g/mol. The number of aryl methyl sites for hydroxylation is 2. The predicted molar refractivity (Wildman–Crippen MR) is 103 cm³/mol. The first-order chi connectivity index (χ1) is 13.9. The maximum atomic E-state index is 5.69. The van der Waals surface area contributed by atoms with Crippen LogP contribution in [-0.2, 0) is 19.3 Å². The first-order valence-electron chi connectivity index (χ1n) is 9.82. The van der Waals surface area contributed by atoms with E-state index >= 15 is 0 Å². The fourth-order valence-corrected chi connectivity index (χ4v) is 4.04. The molecular formula is C21H20N6O. The maximum Gasteiger partial charge on any atom is 0.171 e. The first kappa shape index (κ1) is 15.8. The lowest BCUT2D eigenvalue weighted by atomic mass is 10.0. The van der Waals surface area contributed by atoms with Gasteiger partial charge in [-0.2, -0.15) is 5.10 Å². The number of fused-ring (bicyclic) bond motifs is 2. The summed E-state index contributed by atoms with van der Waals surface area (Å²) >= 11 is 0. The van der Waals surface area contributed by atoms with E-state index in [1.165, 1.54) is 24.0 Å². The fourth-order valence-electron chi connectivity index (χ4n) is 4.04. The average Bonchev–Trinajstić information content (AvgIpc) is 3.15. The Bertz CT molecular complexity index is 1170. The topological polar surface area (TPSA) is 70.1 Å². The molecule has 0 amide bonds. The van der Waals surface area contributed by atoms with Crippen LogP contribution in [0.5, 0.6) is 5.75 Å². The summed E-state index contributed by atoms with van der Waals surface area (Å²) in [5.74, 6) is 2.00. The van der Waals surface area contributed by atoms with Gasteiger partial charge in [-0.15, -0.1) is 10.2 Å². The summed E-state index contributed by atoms with van der Waals surface area (Å²) in [5.41, 5.74) is 5.53. The Labute approximate surface area is 162 Å². The van der Waals surface area contributed by atoms with E-state index in [2.05, 4.69) is 39.7 Å². The fraction of sp³-hybridized carbons (Fsp3) is 0.333. The van der Waals surface area contributed by atoms with Gasteiger partial charge in [-0.3, -0.25) is 9.08 Å². The molecule has 1 aliphatic heterocycles. The second-order valence-corrected chi connectivity index (χ2v) is 7.55. The van der Waals surface area contributed by atoms with Crippen molar-refractivity contribution in [3.8, 4) is 16.9 Å². The first-order valence-corrected chi connectivity index (χ1v) is 9.82. The molecule has 0 saturated heterocycles. The highest BCUT2D eigenvalue weighted by atomic mass is 16.5. The van der Waals surface area contributed by atoms with Crippen molar-refractivity contribution in [1.29, 1.82) is 0 Å². The number of nitrogens with zero attached hydrogens (tertiary/aromatic N) is 6. The normalized spacial score (nSPS) is 15.7. The molecule has 1 fully saturated rings. The lowest BCUT2D eigenvalue weighted by molar-refractivity contribution is 0.357. The van der Waals surface area contributed by atoms with Crippen LogP contribution in [0.1, 0.15) is 35.8 Å². The smallest absolute Gasteiger partial charge is 0.171 e. The Morgan fingerprint density at radius 1 is 1.14 bits per heavy atom. The van der Waals surface area contributed by atoms with Crippen LogP contribution in [0.3, 0.4) is 0 Å². The third kappa shape index (κ3) is 2.58. The molecule has 28 heavy (non-hydrogen) atoms. The van der Waals surface area contributed by atoms with E-state index < -0.39 is 0 Å². The van der Waals surface area contributed by atoms with Gasteiger partial charge in [0.05, 0.1) is 18.8 Å². The molecule has 0 bridgehead atoms. The molecule has 6 rings (SSSR count). The molecule has 140 valence electrons. The number of rotatable bonds is 5. The van der Waals surface area contributed by atoms with E-state index in [0.29, 0.717) is 6.04 Å². The summed E-state index contributed by atoms with van der Waals surface area (Å²) in [6.45, 7) is 0.781. The van der Waals surface area contributed by atoms with Crippen molar-refractivity contribution >= 4 is 5.65 Å². The minimum Gasteiger partial charge on any atom is -0.493 e. The highest BCUT2D eigenvalue weighted by Crippen LogP contribution is 2.35. The van der Waals surface area contributed by atoms with Crippen LogP contribution < -0.4 is 4.74 Å². The summed E-state index contributed by atoms with van der Waals surface area (Å²) in [5, 5.41) is 13.0. The summed E-state index contributed by atoms with van der Waals surface area (Å²) in [4.78, 5) is 4.75. The van der Waals surface area contributed by atoms with E-state index in [4.69, 9.17) is 9.72 Å². The van der Waals surface area contributed by atoms with Crippen molar-refractivity contribution in [2.45, 2.75) is 38.1 Å². The summed E-state index contributed by atoms with van der Waals surface area (Å²) < 4.78 is 9.74. The van der Waals surface area contributed by atoms with Gasteiger partial charge < -0.3 is 4.74 Å². The van der Waals surface area contributed by atoms with Crippen molar-refractivity contribution in [3.05, 3.63) is 60.1 Å². The van der Waals surface area contributed by atoms with E-state index in [0.717, 1.165) is 54.2 Å². The molecule has 4 heterocycles. The van der Waals surface area contributed by atoms with Crippen molar-refractivity contribution < 1.29 is 4.74 Å². The quantitative estimate of drug-likeness (QED) is 0.538. The molecule has 1 aliphatic carbocycles. The largest absolute Gasteiger partial charge is 0.493 e. The molecule has 1 aromatic carbocycles. The minimum atomic E-state index is 0.562. The Morgan fingerprint density at radius 2 is 2.11 bits per heavy atom. The molecule has 0 atom stereocenters. The molecule has 2 aliphatic rings. The summed E-state index contributed by atoms with van der Waals surface area (Å²) in [7, 11) is 0. The lowest BCUT2D eigenvalue weighted by Crippen LogP contribution is -2.04. The summed E-state index contributed by atoms with van der Waals surface area (Å²) in [6.07, 6.45) is 12.8. The van der Waals surface area contributed by atoms with Crippen LogP contribution in [0.4, 0.5) is 0 Å².